The van der Waals surface area contributed by atoms with Crippen molar-refractivity contribution < 1.29 is 9.53 Å². The van der Waals surface area contributed by atoms with Crippen LogP contribution in [0.3, 0.4) is 0 Å². The predicted molar refractivity (Wildman–Crippen MR) is 109 cm³/mol. The highest BCUT2D eigenvalue weighted by molar-refractivity contribution is 5.93. The van der Waals surface area contributed by atoms with Gasteiger partial charge in [-0.3, -0.25) is 14.6 Å². The van der Waals surface area contributed by atoms with E-state index in [0.29, 0.717) is 34.0 Å². The molecule has 3 heterocycles. The summed E-state index contributed by atoms with van der Waals surface area (Å²) in [6, 6.07) is 9.07. The molecule has 0 spiro atoms. The van der Waals surface area contributed by atoms with Crippen molar-refractivity contribution in [2.24, 2.45) is 5.92 Å². The summed E-state index contributed by atoms with van der Waals surface area (Å²) in [5.41, 5.74) is 1.33. The van der Waals surface area contributed by atoms with Crippen molar-refractivity contribution in [3.05, 3.63) is 52.6 Å². The van der Waals surface area contributed by atoms with Gasteiger partial charge in [-0.25, -0.2) is 4.68 Å². The van der Waals surface area contributed by atoms with Crippen LogP contribution >= 0.6 is 0 Å². The Labute approximate surface area is 170 Å². The number of anilines is 1. The monoisotopic (exact) mass is 405 g/mol. The second-order valence-electron chi connectivity index (χ2n) is 7.20. The molecular weight excluding hydrogens is 386 g/mol. The van der Waals surface area contributed by atoms with Crippen LogP contribution in [0.15, 0.2) is 41.3 Å². The van der Waals surface area contributed by atoms with Crippen LogP contribution in [0.25, 0.3) is 22.7 Å². The number of H-pyrrole nitrogens is 1. The zero-order chi connectivity index (χ0) is 20.8. The lowest BCUT2D eigenvalue weighted by Gasteiger charge is -2.10. The summed E-state index contributed by atoms with van der Waals surface area (Å²) in [7, 11) is 1.57. The molecule has 10 nitrogen and oxygen atoms in total. The number of rotatable bonds is 5. The van der Waals surface area contributed by atoms with Crippen LogP contribution in [0.5, 0.6) is 5.75 Å². The molecule has 0 saturated heterocycles. The molecule has 0 bridgehead atoms. The van der Waals surface area contributed by atoms with Crippen LogP contribution in [0.1, 0.15) is 18.5 Å². The van der Waals surface area contributed by atoms with Gasteiger partial charge in [0.05, 0.1) is 19.0 Å². The minimum atomic E-state index is -0.358. The minimum absolute atomic E-state index is 0.0371. The number of amides is 1. The second-order valence-corrected chi connectivity index (χ2v) is 7.20. The molecule has 152 valence electrons. The highest BCUT2D eigenvalue weighted by Gasteiger charge is 2.30. The van der Waals surface area contributed by atoms with Crippen LogP contribution in [-0.2, 0) is 4.79 Å². The highest BCUT2D eigenvalue weighted by Crippen LogP contribution is 2.30. The van der Waals surface area contributed by atoms with E-state index in [2.05, 4.69) is 25.5 Å². The number of carbonyl (C=O) groups excluding carboxylic acids is 1. The molecule has 4 aromatic rings. The molecule has 0 unspecified atom stereocenters. The molecule has 1 amide bonds. The summed E-state index contributed by atoms with van der Waals surface area (Å²) in [4.78, 5) is 32.3. The smallest absolute Gasteiger partial charge is 0.263 e. The van der Waals surface area contributed by atoms with Gasteiger partial charge in [0, 0.05) is 12.0 Å². The summed E-state index contributed by atoms with van der Waals surface area (Å²) in [6.07, 6.45) is 3.23. The molecule has 0 atom stereocenters. The number of hydrogen-bond donors (Lipinski definition) is 2. The Kier molecular flexibility index (Phi) is 4.12. The van der Waals surface area contributed by atoms with Gasteiger partial charge in [0.1, 0.15) is 22.6 Å². The van der Waals surface area contributed by atoms with Gasteiger partial charge in [-0.05, 0) is 31.9 Å². The largest absolute Gasteiger partial charge is 0.494 e. The van der Waals surface area contributed by atoms with Gasteiger partial charge >= 0.3 is 0 Å². The average Bonchev–Trinajstić information content (AvgIpc) is 3.41. The number of aryl methyl sites for hydroxylation is 1. The third kappa shape index (κ3) is 3.02. The Morgan fingerprint density at radius 3 is 2.83 bits per heavy atom. The van der Waals surface area contributed by atoms with E-state index < -0.39 is 0 Å². The van der Waals surface area contributed by atoms with Crippen molar-refractivity contribution in [2.75, 3.05) is 12.4 Å². The van der Waals surface area contributed by atoms with E-state index in [1.54, 1.807) is 30.8 Å². The molecular formula is C20H19N7O3. The summed E-state index contributed by atoms with van der Waals surface area (Å²) >= 11 is 0. The summed E-state index contributed by atoms with van der Waals surface area (Å²) in [5.74, 6) is 1.21. The Hall–Kier alpha value is -3.95. The summed E-state index contributed by atoms with van der Waals surface area (Å²) < 4.78 is 8.39. The number of ether oxygens (including phenoxy) is 1. The van der Waals surface area contributed by atoms with Gasteiger partial charge in [0.15, 0.2) is 5.65 Å². The summed E-state index contributed by atoms with van der Waals surface area (Å²) in [6.45, 7) is 1.80. The van der Waals surface area contributed by atoms with Gasteiger partial charge in [0.25, 0.3) is 5.56 Å². The third-order valence-corrected chi connectivity index (χ3v) is 4.97. The number of nitrogens with zero attached hydrogens (tertiary/aromatic N) is 5. The molecule has 0 aliphatic heterocycles. The van der Waals surface area contributed by atoms with Crippen LogP contribution in [0, 0.1) is 12.8 Å². The molecule has 30 heavy (non-hydrogen) atoms. The quantitative estimate of drug-likeness (QED) is 0.524. The van der Waals surface area contributed by atoms with Crippen LogP contribution < -0.4 is 15.6 Å². The molecule has 1 aliphatic rings. The number of hydrogen-bond acceptors (Lipinski definition) is 6. The van der Waals surface area contributed by atoms with Gasteiger partial charge in [-0.15, -0.1) is 0 Å². The predicted octanol–water partition coefficient (Wildman–Crippen LogP) is 1.96. The molecule has 0 radical (unpaired) electrons. The fraction of sp³-hybridized carbons (Fsp3) is 0.250. The molecule has 1 aromatic carbocycles. The van der Waals surface area contributed by atoms with E-state index in [-0.39, 0.29) is 23.3 Å². The van der Waals surface area contributed by atoms with E-state index in [4.69, 9.17) is 4.74 Å². The number of methoxy groups -OCH3 is 1. The Morgan fingerprint density at radius 1 is 1.27 bits per heavy atom. The van der Waals surface area contributed by atoms with Crippen LogP contribution in [-0.4, -0.2) is 42.5 Å². The number of aromatic nitrogens is 6. The van der Waals surface area contributed by atoms with Gasteiger partial charge in [-0.1, -0.05) is 12.1 Å². The van der Waals surface area contributed by atoms with Crippen LogP contribution in [0.2, 0.25) is 0 Å². The Balaban J connectivity index is 1.65. The number of fused-ring (bicyclic) bond motifs is 1. The molecule has 1 aliphatic carbocycles. The van der Waals surface area contributed by atoms with Gasteiger partial charge in [0.2, 0.25) is 11.9 Å². The molecule has 3 aromatic heterocycles. The third-order valence-electron chi connectivity index (χ3n) is 4.97. The van der Waals surface area contributed by atoms with Crippen molar-refractivity contribution >= 4 is 22.8 Å². The number of carbonyl (C=O) groups is 1. The lowest BCUT2D eigenvalue weighted by atomic mass is 10.3. The Morgan fingerprint density at radius 2 is 2.07 bits per heavy atom. The van der Waals surface area contributed by atoms with Gasteiger partial charge < -0.3 is 10.1 Å². The highest BCUT2D eigenvalue weighted by atomic mass is 16.5. The average molecular weight is 405 g/mol. The van der Waals surface area contributed by atoms with E-state index in [1.807, 2.05) is 18.2 Å². The number of nitrogens with one attached hydrogen (secondary N) is 2. The molecule has 10 heteroatoms. The maximum Gasteiger partial charge on any atom is 0.263 e. The maximum atomic E-state index is 12.7. The van der Waals surface area contributed by atoms with Crippen LogP contribution in [0.4, 0.5) is 5.82 Å². The van der Waals surface area contributed by atoms with E-state index in [0.717, 1.165) is 12.8 Å². The topological polar surface area (TPSA) is 120 Å². The van der Waals surface area contributed by atoms with Crippen molar-refractivity contribution in [1.29, 1.82) is 0 Å². The first-order chi connectivity index (χ1) is 14.5. The standard InChI is InChI=1S/C20H19N7O3/c1-11-9-16(22-18(28)12-7-8-12)27(25-11)20-23-17-13(19(29)24-20)10-21-26(17)14-5-3-4-6-15(14)30-2/h3-6,9-10,12H,7-8H2,1-2H3,(H,22,28)(H,23,24,29). The SMILES string of the molecule is COc1ccccc1-n1ncc2c(=O)[nH]c(-n3nc(C)cc3NC(=O)C3CC3)nc21. The fourth-order valence-corrected chi connectivity index (χ4v) is 3.31. The lowest BCUT2D eigenvalue weighted by molar-refractivity contribution is -0.117. The minimum Gasteiger partial charge on any atom is -0.494 e. The first-order valence-electron chi connectivity index (χ1n) is 9.54. The number of benzene rings is 1. The molecule has 2 N–H and O–H groups in total. The van der Waals surface area contributed by atoms with Crippen molar-refractivity contribution in [3.8, 4) is 17.4 Å². The molecule has 1 saturated carbocycles. The summed E-state index contributed by atoms with van der Waals surface area (Å²) in [5, 5.41) is 11.9. The van der Waals surface area contributed by atoms with E-state index >= 15 is 0 Å². The van der Waals surface area contributed by atoms with E-state index in [1.165, 1.54) is 10.9 Å². The number of aromatic amines is 1. The van der Waals surface area contributed by atoms with E-state index in [9.17, 15) is 9.59 Å². The zero-order valence-electron chi connectivity index (χ0n) is 16.4. The first kappa shape index (κ1) is 18.1. The van der Waals surface area contributed by atoms with Crippen molar-refractivity contribution in [3.63, 3.8) is 0 Å². The molecule has 5 rings (SSSR count). The second kappa shape index (κ2) is 6.83. The molecule has 1 fully saturated rings. The maximum absolute atomic E-state index is 12.7. The fourth-order valence-electron chi connectivity index (χ4n) is 3.31. The lowest BCUT2D eigenvalue weighted by Crippen LogP contribution is -2.19. The number of para-hydroxylation sites is 2. The first-order valence-corrected chi connectivity index (χ1v) is 9.54. The van der Waals surface area contributed by atoms with Crippen molar-refractivity contribution in [1.82, 2.24) is 29.5 Å². The van der Waals surface area contributed by atoms with Crippen molar-refractivity contribution in [2.45, 2.75) is 19.8 Å². The van der Waals surface area contributed by atoms with Gasteiger partial charge in [-0.2, -0.15) is 19.9 Å². The zero-order valence-corrected chi connectivity index (χ0v) is 16.4. The Bertz CT molecular complexity index is 1330. The normalized spacial score (nSPS) is 13.5.